The molecular formula is C10H12ClN3O2. The highest BCUT2D eigenvalue weighted by Crippen LogP contribution is 2.25. The van der Waals surface area contributed by atoms with Crippen molar-refractivity contribution in [3.63, 3.8) is 0 Å². The summed E-state index contributed by atoms with van der Waals surface area (Å²) in [6, 6.07) is 6.75. The van der Waals surface area contributed by atoms with Crippen molar-refractivity contribution in [2.45, 2.75) is 18.6 Å². The number of halogens is 1. The van der Waals surface area contributed by atoms with Gasteiger partial charge < -0.3 is 10.2 Å². The first-order valence-corrected chi connectivity index (χ1v) is 5.16. The van der Waals surface area contributed by atoms with Crippen molar-refractivity contribution in [2.24, 2.45) is 5.11 Å². The van der Waals surface area contributed by atoms with Crippen LogP contribution >= 0.6 is 11.6 Å². The van der Waals surface area contributed by atoms with Gasteiger partial charge >= 0.3 is 0 Å². The third-order valence-corrected chi connectivity index (χ3v) is 2.52. The molecule has 1 aromatic rings. The van der Waals surface area contributed by atoms with Gasteiger partial charge in [0.05, 0.1) is 6.10 Å². The zero-order chi connectivity index (χ0) is 12.0. The molecule has 0 saturated carbocycles. The van der Waals surface area contributed by atoms with E-state index in [-0.39, 0.29) is 13.0 Å². The maximum absolute atomic E-state index is 9.80. The Morgan fingerprint density at radius 3 is 2.69 bits per heavy atom. The molecule has 0 aliphatic heterocycles. The predicted octanol–water partition coefficient (Wildman–Crippen LogP) is 2.43. The Bertz CT molecular complexity index is 393. The molecule has 2 N–H and O–H groups in total. The largest absolute Gasteiger partial charge is 0.390 e. The quantitative estimate of drug-likeness (QED) is 0.471. The van der Waals surface area contributed by atoms with Crippen molar-refractivity contribution in [1.82, 2.24) is 0 Å². The Morgan fingerprint density at radius 2 is 2.06 bits per heavy atom. The van der Waals surface area contributed by atoms with Crippen LogP contribution in [0.3, 0.4) is 0 Å². The summed E-state index contributed by atoms with van der Waals surface area (Å²) in [5.41, 5.74) is 8.54. The van der Waals surface area contributed by atoms with Gasteiger partial charge in [-0.2, -0.15) is 0 Å². The van der Waals surface area contributed by atoms with E-state index in [1.807, 2.05) is 0 Å². The number of nitrogens with zero attached hydrogens (tertiary/aromatic N) is 3. The molecule has 0 radical (unpaired) electrons. The number of benzene rings is 1. The van der Waals surface area contributed by atoms with Gasteiger partial charge in [-0.25, -0.2) is 0 Å². The molecule has 0 spiro atoms. The van der Waals surface area contributed by atoms with Crippen LogP contribution in [0.25, 0.3) is 10.4 Å². The number of azide groups is 1. The van der Waals surface area contributed by atoms with Crippen molar-refractivity contribution < 1.29 is 10.2 Å². The number of rotatable bonds is 5. The zero-order valence-electron chi connectivity index (χ0n) is 8.49. The Balaban J connectivity index is 2.66. The maximum Gasteiger partial charge on any atom is 0.106 e. The number of hydrogen-bond donors (Lipinski definition) is 2. The molecule has 0 heterocycles. The maximum atomic E-state index is 9.80. The minimum absolute atomic E-state index is 0.138. The molecule has 16 heavy (non-hydrogen) atoms. The van der Waals surface area contributed by atoms with E-state index in [1.165, 1.54) is 0 Å². The summed E-state index contributed by atoms with van der Waals surface area (Å²) in [4.78, 5) is 2.56. The Labute approximate surface area is 97.9 Å². The number of hydrogen-bond acceptors (Lipinski definition) is 3. The lowest BCUT2D eigenvalue weighted by Crippen LogP contribution is -2.19. The van der Waals surface area contributed by atoms with Gasteiger partial charge in [0, 0.05) is 22.0 Å². The van der Waals surface area contributed by atoms with E-state index >= 15 is 0 Å². The topological polar surface area (TPSA) is 89.2 Å². The third-order valence-electron chi connectivity index (χ3n) is 2.18. The van der Waals surface area contributed by atoms with Crippen LogP contribution < -0.4 is 0 Å². The molecule has 0 fully saturated rings. The lowest BCUT2D eigenvalue weighted by Gasteiger charge is -2.18. The third kappa shape index (κ3) is 3.40. The summed E-state index contributed by atoms with van der Waals surface area (Å²) in [6.45, 7) is 0.138. The molecular weight excluding hydrogens is 230 g/mol. The Hall–Kier alpha value is -1.26. The van der Waals surface area contributed by atoms with Gasteiger partial charge in [-0.1, -0.05) is 34.9 Å². The normalized spacial score (nSPS) is 13.9. The average molecular weight is 242 g/mol. The minimum Gasteiger partial charge on any atom is -0.390 e. The second-order valence-corrected chi connectivity index (χ2v) is 3.68. The molecule has 2 atom stereocenters. The van der Waals surface area contributed by atoms with Gasteiger partial charge in [-0.3, -0.25) is 0 Å². The molecule has 0 aromatic heterocycles. The van der Waals surface area contributed by atoms with Crippen LogP contribution in [-0.4, -0.2) is 22.9 Å². The van der Waals surface area contributed by atoms with Crippen molar-refractivity contribution in [1.29, 1.82) is 0 Å². The highest BCUT2D eigenvalue weighted by molar-refractivity contribution is 6.31. The van der Waals surface area contributed by atoms with Gasteiger partial charge in [-0.15, -0.1) is 0 Å². The molecule has 0 aliphatic rings. The van der Waals surface area contributed by atoms with Gasteiger partial charge in [0.25, 0.3) is 0 Å². The first kappa shape index (κ1) is 12.8. The fourth-order valence-electron chi connectivity index (χ4n) is 1.31. The fourth-order valence-corrected chi connectivity index (χ4v) is 1.56. The minimum atomic E-state index is -1.07. The van der Waals surface area contributed by atoms with E-state index in [4.69, 9.17) is 17.1 Å². The van der Waals surface area contributed by atoms with Gasteiger partial charge in [-0.05, 0) is 18.0 Å². The van der Waals surface area contributed by atoms with Crippen LogP contribution in [0.5, 0.6) is 0 Å². The Morgan fingerprint density at radius 1 is 1.38 bits per heavy atom. The first-order valence-electron chi connectivity index (χ1n) is 4.78. The van der Waals surface area contributed by atoms with Gasteiger partial charge in [0.1, 0.15) is 6.10 Å². The van der Waals surface area contributed by atoms with E-state index < -0.39 is 12.2 Å². The molecule has 0 amide bonds. The summed E-state index contributed by atoms with van der Waals surface area (Å²) in [5, 5.41) is 23.1. The summed E-state index contributed by atoms with van der Waals surface area (Å²) < 4.78 is 0. The summed E-state index contributed by atoms with van der Waals surface area (Å²) >= 11 is 5.87. The Kier molecular flexibility index (Phi) is 5.08. The fraction of sp³-hybridized carbons (Fsp3) is 0.400. The second kappa shape index (κ2) is 6.35. The molecule has 1 aromatic carbocycles. The highest BCUT2D eigenvalue weighted by atomic mass is 35.5. The van der Waals surface area contributed by atoms with E-state index in [0.717, 1.165) is 0 Å². The molecule has 0 saturated heterocycles. The van der Waals surface area contributed by atoms with Crippen LogP contribution in [0.4, 0.5) is 0 Å². The first-order chi connectivity index (χ1) is 7.66. The molecule has 86 valence electrons. The van der Waals surface area contributed by atoms with Crippen molar-refractivity contribution in [3.8, 4) is 0 Å². The molecule has 2 unspecified atom stereocenters. The second-order valence-electron chi connectivity index (χ2n) is 3.28. The number of aliphatic hydroxyl groups is 2. The molecule has 5 nitrogen and oxygen atoms in total. The average Bonchev–Trinajstić information content (AvgIpc) is 2.29. The lowest BCUT2D eigenvalue weighted by molar-refractivity contribution is 0.0151. The summed E-state index contributed by atoms with van der Waals surface area (Å²) in [6.07, 6.45) is -1.87. The molecule has 0 aliphatic carbocycles. The van der Waals surface area contributed by atoms with Crippen LogP contribution in [0.2, 0.25) is 5.02 Å². The molecule has 0 bridgehead atoms. The van der Waals surface area contributed by atoms with Gasteiger partial charge in [0.15, 0.2) is 0 Å². The summed E-state index contributed by atoms with van der Waals surface area (Å²) in [5.74, 6) is 0. The van der Waals surface area contributed by atoms with Crippen LogP contribution in [0.15, 0.2) is 29.4 Å². The lowest BCUT2D eigenvalue weighted by atomic mass is 10.0. The van der Waals surface area contributed by atoms with E-state index in [2.05, 4.69) is 10.0 Å². The molecule has 1 rings (SSSR count). The highest BCUT2D eigenvalue weighted by Gasteiger charge is 2.19. The SMILES string of the molecule is [N-]=[N+]=NCCC(O)C(O)c1ccccc1Cl. The molecule has 6 heteroatoms. The van der Waals surface area contributed by atoms with E-state index in [0.29, 0.717) is 10.6 Å². The summed E-state index contributed by atoms with van der Waals surface area (Å²) in [7, 11) is 0. The van der Waals surface area contributed by atoms with E-state index in [1.54, 1.807) is 24.3 Å². The monoisotopic (exact) mass is 241 g/mol. The zero-order valence-corrected chi connectivity index (χ0v) is 9.25. The van der Waals surface area contributed by atoms with Crippen LogP contribution in [0, 0.1) is 0 Å². The number of aliphatic hydroxyl groups excluding tert-OH is 2. The predicted molar refractivity (Wildman–Crippen MR) is 61.0 cm³/mol. The van der Waals surface area contributed by atoms with E-state index in [9.17, 15) is 10.2 Å². The smallest absolute Gasteiger partial charge is 0.106 e. The van der Waals surface area contributed by atoms with Crippen molar-refractivity contribution in [3.05, 3.63) is 45.3 Å². The van der Waals surface area contributed by atoms with Crippen molar-refractivity contribution >= 4 is 11.6 Å². The van der Waals surface area contributed by atoms with Crippen LogP contribution in [0.1, 0.15) is 18.1 Å². The van der Waals surface area contributed by atoms with Gasteiger partial charge in [0.2, 0.25) is 0 Å². The standard InChI is InChI=1S/C10H12ClN3O2/c11-8-4-2-1-3-7(8)10(16)9(15)5-6-13-14-12/h1-4,9-10,15-16H,5-6H2. The van der Waals surface area contributed by atoms with Crippen molar-refractivity contribution in [2.75, 3.05) is 6.54 Å². The van der Waals surface area contributed by atoms with Crippen LogP contribution in [-0.2, 0) is 0 Å².